The maximum atomic E-state index is 13.6. The minimum Gasteiger partial charge on any atom is -0.318 e. The first-order valence-corrected chi connectivity index (χ1v) is 12.0. The topological polar surface area (TPSA) is 67.2 Å². The van der Waals surface area contributed by atoms with Crippen molar-refractivity contribution in [2.45, 2.75) is 46.1 Å². The van der Waals surface area contributed by atoms with Crippen LogP contribution in [0, 0.1) is 0 Å². The molecule has 1 atom stereocenters. The Morgan fingerprint density at radius 2 is 1.63 bits per heavy atom. The van der Waals surface area contributed by atoms with E-state index in [2.05, 4.69) is 26.1 Å². The Morgan fingerprint density at radius 3 is 2.26 bits per heavy atom. The molecular formula is C29H32N4O2. The minimum absolute atomic E-state index is 0.153. The van der Waals surface area contributed by atoms with Crippen LogP contribution in [0.5, 0.6) is 0 Å². The first-order valence-electron chi connectivity index (χ1n) is 12.0. The summed E-state index contributed by atoms with van der Waals surface area (Å²) in [5.74, 6) is 0.926. The van der Waals surface area contributed by atoms with Crippen LogP contribution < -0.4 is 10.9 Å². The van der Waals surface area contributed by atoms with E-state index >= 15 is 0 Å². The van der Waals surface area contributed by atoms with Crippen LogP contribution in [0.4, 0.5) is 10.5 Å². The highest BCUT2D eigenvalue weighted by Gasteiger charge is 2.24. The molecule has 1 N–H and O–H groups in total. The number of benzene rings is 3. The van der Waals surface area contributed by atoms with E-state index in [0.29, 0.717) is 22.6 Å². The van der Waals surface area contributed by atoms with Crippen molar-refractivity contribution in [3.05, 3.63) is 100 Å². The van der Waals surface area contributed by atoms with Gasteiger partial charge in [-0.3, -0.25) is 9.36 Å². The summed E-state index contributed by atoms with van der Waals surface area (Å²) in [4.78, 5) is 33.1. The van der Waals surface area contributed by atoms with Crippen LogP contribution in [0.2, 0.25) is 0 Å². The van der Waals surface area contributed by atoms with Gasteiger partial charge in [0.15, 0.2) is 0 Å². The number of aromatic nitrogens is 2. The maximum absolute atomic E-state index is 13.6. The quantitative estimate of drug-likeness (QED) is 0.361. The van der Waals surface area contributed by atoms with Crippen molar-refractivity contribution in [2.75, 3.05) is 12.4 Å². The van der Waals surface area contributed by atoms with Gasteiger partial charge in [0.25, 0.3) is 5.56 Å². The zero-order chi connectivity index (χ0) is 25.1. The van der Waals surface area contributed by atoms with Crippen molar-refractivity contribution in [3.63, 3.8) is 0 Å². The number of urea groups is 1. The van der Waals surface area contributed by atoms with E-state index in [4.69, 9.17) is 4.98 Å². The molecule has 0 bridgehead atoms. The van der Waals surface area contributed by atoms with E-state index in [9.17, 15) is 9.59 Å². The number of carbonyl (C=O) groups is 1. The molecule has 35 heavy (non-hydrogen) atoms. The van der Waals surface area contributed by atoms with E-state index < -0.39 is 6.04 Å². The molecule has 0 saturated carbocycles. The second-order valence-corrected chi connectivity index (χ2v) is 9.14. The monoisotopic (exact) mass is 468 g/mol. The van der Waals surface area contributed by atoms with E-state index in [1.165, 1.54) is 11.1 Å². The van der Waals surface area contributed by atoms with Gasteiger partial charge < -0.3 is 10.2 Å². The smallest absolute Gasteiger partial charge is 0.318 e. The Morgan fingerprint density at radius 1 is 0.971 bits per heavy atom. The van der Waals surface area contributed by atoms with E-state index in [1.807, 2.05) is 73.7 Å². The number of fused-ring (bicyclic) bond motifs is 1. The first kappa shape index (κ1) is 24.2. The maximum Gasteiger partial charge on any atom is 0.322 e. The van der Waals surface area contributed by atoms with Gasteiger partial charge in [0.2, 0.25) is 0 Å². The molecule has 0 aliphatic heterocycles. The summed E-state index contributed by atoms with van der Waals surface area (Å²) >= 11 is 0. The third kappa shape index (κ3) is 4.97. The predicted molar refractivity (Wildman–Crippen MR) is 142 cm³/mol. The van der Waals surface area contributed by atoms with Crippen LogP contribution in [0.1, 0.15) is 56.6 Å². The number of hydrogen-bond acceptors (Lipinski definition) is 3. The van der Waals surface area contributed by atoms with Crippen molar-refractivity contribution in [2.24, 2.45) is 0 Å². The summed E-state index contributed by atoms with van der Waals surface area (Å²) in [7, 11) is 1.72. The lowest BCUT2D eigenvalue weighted by Gasteiger charge is -2.27. The highest BCUT2D eigenvalue weighted by atomic mass is 16.2. The van der Waals surface area contributed by atoms with Crippen LogP contribution in [-0.4, -0.2) is 27.5 Å². The lowest BCUT2D eigenvalue weighted by atomic mass is 10.0. The molecule has 0 spiro atoms. The lowest BCUT2D eigenvalue weighted by Crippen LogP contribution is -2.37. The third-order valence-electron chi connectivity index (χ3n) is 6.51. The average molecular weight is 469 g/mol. The third-order valence-corrected chi connectivity index (χ3v) is 6.51. The van der Waals surface area contributed by atoms with Crippen LogP contribution >= 0.6 is 0 Å². The van der Waals surface area contributed by atoms with Gasteiger partial charge in [0.05, 0.1) is 22.6 Å². The molecular weight excluding hydrogens is 436 g/mol. The second-order valence-electron chi connectivity index (χ2n) is 9.14. The molecule has 0 aliphatic rings. The van der Waals surface area contributed by atoms with Crippen molar-refractivity contribution in [3.8, 4) is 5.69 Å². The van der Waals surface area contributed by atoms with Crippen LogP contribution in [-0.2, 0) is 6.42 Å². The molecule has 0 aliphatic carbocycles. The number of rotatable bonds is 6. The van der Waals surface area contributed by atoms with Gasteiger partial charge in [-0.05, 0) is 66.8 Å². The zero-order valence-corrected chi connectivity index (χ0v) is 20.9. The summed E-state index contributed by atoms with van der Waals surface area (Å²) in [6, 6.07) is 22.3. The van der Waals surface area contributed by atoms with E-state index in [1.54, 1.807) is 22.6 Å². The van der Waals surface area contributed by atoms with Gasteiger partial charge >= 0.3 is 6.03 Å². The molecule has 6 nitrogen and oxygen atoms in total. The van der Waals surface area contributed by atoms with Gasteiger partial charge in [-0.2, -0.15) is 0 Å². The zero-order valence-electron chi connectivity index (χ0n) is 20.9. The normalized spacial score (nSPS) is 12.1. The number of anilines is 1. The molecule has 2 amide bonds. The number of carbonyl (C=O) groups excluding carboxylic acids is 1. The Kier molecular flexibility index (Phi) is 7.01. The lowest BCUT2D eigenvalue weighted by molar-refractivity contribution is 0.205. The molecule has 1 heterocycles. The van der Waals surface area contributed by atoms with Crippen molar-refractivity contribution in [1.82, 2.24) is 14.5 Å². The highest BCUT2D eigenvalue weighted by Crippen LogP contribution is 2.23. The summed E-state index contributed by atoms with van der Waals surface area (Å²) in [5, 5.41) is 3.50. The average Bonchev–Trinajstić information content (AvgIpc) is 2.88. The van der Waals surface area contributed by atoms with E-state index in [0.717, 1.165) is 17.8 Å². The van der Waals surface area contributed by atoms with Gasteiger partial charge in [-0.15, -0.1) is 0 Å². The van der Waals surface area contributed by atoms with Crippen molar-refractivity contribution >= 4 is 22.6 Å². The van der Waals surface area contributed by atoms with Gasteiger partial charge in [-0.1, -0.05) is 57.2 Å². The molecule has 3 aromatic carbocycles. The molecule has 180 valence electrons. The Bertz CT molecular complexity index is 1390. The summed E-state index contributed by atoms with van der Waals surface area (Å²) in [6.07, 6.45) is 0.912. The molecule has 1 aromatic heterocycles. The van der Waals surface area contributed by atoms with Crippen LogP contribution in [0.25, 0.3) is 16.6 Å². The number of amides is 2. The standard InChI is InChI=1S/C29H32N4O2/c1-6-21-11-17-24(18-12-21)33-27(31-26-10-8-7-9-25(26)28(33)34)20(4)32(5)29(35)30-23-15-13-22(14-16-23)19(2)3/h7-20H,6H2,1-5H3,(H,30,35). The minimum atomic E-state index is -0.465. The molecule has 4 rings (SSSR count). The fourth-order valence-corrected chi connectivity index (χ4v) is 4.07. The molecule has 1 unspecified atom stereocenters. The van der Waals surface area contributed by atoms with E-state index in [-0.39, 0.29) is 11.6 Å². The SMILES string of the molecule is CCc1ccc(-n2c(C(C)N(C)C(=O)Nc3ccc(C(C)C)cc3)nc3ccccc3c2=O)cc1. The molecule has 6 heteroatoms. The van der Waals surface area contributed by atoms with Crippen molar-refractivity contribution in [1.29, 1.82) is 0 Å². The summed E-state index contributed by atoms with van der Waals surface area (Å²) in [5.41, 5.74) is 4.30. The largest absolute Gasteiger partial charge is 0.322 e. The second kappa shape index (κ2) is 10.1. The van der Waals surface area contributed by atoms with Gasteiger partial charge in [0.1, 0.15) is 5.82 Å². The summed E-state index contributed by atoms with van der Waals surface area (Å²) in [6.45, 7) is 8.25. The number of nitrogens with one attached hydrogen (secondary N) is 1. The fourth-order valence-electron chi connectivity index (χ4n) is 4.07. The number of hydrogen-bond donors (Lipinski definition) is 1. The Hall–Kier alpha value is -3.93. The van der Waals surface area contributed by atoms with Crippen LogP contribution in [0.3, 0.4) is 0 Å². The van der Waals surface area contributed by atoms with Crippen LogP contribution in [0.15, 0.2) is 77.6 Å². The number of para-hydroxylation sites is 1. The first-order chi connectivity index (χ1) is 16.8. The Labute approximate surface area is 206 Å². The highest BCUT2D eigenvalue weighted by molar-refractivity contribution is 5.89. The molecule has 0 saturated heterocycles. The van der Waals surface area contributed by atoms with Gasteiger partial charge in [-0.25, -0.2) is 9.78 Å². The number of aryl methyl sites for hydroxylation is 1. The summed E-state index contributed by atoms with van der Waals surface area (Å²) < 4.78 is 1.62. The Balaban J connectivity index is 1.71. The predicted octanol–water partition coefficient (Wildman–Crippen LogP) is 6.30. The van der Waals surface area contributed by atoms with Crippen molar-refractivity contribution < 1.29 is 4.79 Å². The molecule has 4 aromatic rings. The molecule has 0 radical (unpaired) electrons. The number of nitrogens with zero attached hydrogens (tertiary/aromatic N) is 3. The fraction of sp³-hybridized carbons (Fsp3) is 0.276. The molecule has 0 fully saturated rings. The van der Waals surface area contributed by atoms with Gasteiger partial charge in [0, 0.05) is 12.7 Å².